The monoisotopic (exact) mass is 254 g/mol. The molecule has 7 heteroatoms. The van der Waals surface area contributed by atoms with Crippen molar-refractivity contribution in [2.75, 3.05) is 5.32 Å². The van der Waals surface area contributed by atoms with E-state index in [0.717, 1.165) is 0 Å². The molecular formula is C11H8F2N2O3. The summed E-state index contributed by atoms with van der Waals surface area (Å²) in [5.41, 5.74) is -1.05. The van der Waals surface area contributed by atoms with Gasteiger partial charge in [0.25, 0.3) is 5.69 Å². The van der Waals surface area contributed by atoms with Crippen LogP contribution in [0.2, 0.25) is 0 Å². The van der Waals surface area contributed by atoms with E-state index in [1.54, 1.807) is 12.1 Å². The highest BCUT2D eigenvalue weighted by molar-refractivity contribution is 5.51. The largest absolute Gasteiger partial charge is 0.467 e. The molecule has 1 aromatic heterocycles. The van der Waals surface area contributed by atoms with Crippen molar-refractivity contribution in [2.24, 2.45) is 0 Å². The Morgan fingerprint density at radius 2 is 2.00 bits per heavy atom. The Balaban J connectivity index is 2.20. The fourth-order valence-corrected chi connectivity index (χ4v) is 1.42. The van der Waals surface area contributed by atoms with E-state index < -0.39 is 27.9 Å². The van der Waals surface area contributed by atoms with Gasteiger partial charge in [-0.2, -0.15) is 0 Å². The Bertz CT molecular complexity index is 547. The number of nitrogens with one attached hydrogen (secondary N) is 1. The highest BCUT2D eigenvalue weighted by Gasteiger charge is 2.16. The zero-order valence-corrected chi connectivity index (χ0v) is 9.02. The van der Waals surface area contributed by atoms with E-state index in [0.29, 0.717) is 17.9 Å². The molecule has 0 bridgehead atoms. The van der Waals surface area contributed by atoms with Crippen LogP contribution in [0.4, 0.5) is 20.2 Å². The van der Waals surface area contributed by atoms with Gasteiger partial charge in [-0.3, -0.25) is 10.1 Å². The van der Waals surface area contributed by atoms with Crippen molar-refractivity contribution in [3.05, 3.63) is 58.0 Å². The quantitative estimate of drug-likeness (QED) is 0.672. The smallest absolute Gasteiger partial charge is 0.275 e. The number of rotatable bonds is 4. The number of nitro groups is 1. The number of furan rings is 1. The summed E-state index contributed by atoms with van der Waals surface area (Å²) < 4.78 is 31.9. The van der Waals surface area contributed by atoms with E-state index >= 15 is 0 Å². The van der Waals surface area contributed by atoms with Crippen molar-refractivity contribution >= 4 is 11.4 Å². The van der Waals surface area contributed by atoms with Crippen LogP contribution in [0.5, 0.6) is 0 Å². The normalized spacial score (nSPS) is 10.3. The van der Waals surface area contributed by atoms with Crippen LogP contribution in [0.1, 0.15) is 5.76 Å². The first kappa shape index (κ1) is 12.0. The van der Waals surface area contributed by atoms with Gasteiger partial charge in [0, 0.05) is 0 Å². The maximum Gasteiger partial charge on any atom is 0.275 e. The molecule has 1 aromatic carbocycles. The Labute approximate surface area is 100 Å². The SMILES string of the molecule is O=[N+]([O-])c1cc(F)c(NCc2ccco2)c(F)c1. The third-order valence-corrected chi connectivity index (χ3v) is 2.26. The maximum absolute atomic E-state index is 13.5. The van der Waals surface area contributed by atoms with Gasteiger partial charge in [0.15, 0.2) is 11.6 Å². The third kappa shape index (κ3) is 2.45. The molecule has 0 spiro atoms. The Morgan fingerprint density at radius 1 is 1.33 bits per heavy atom. The summed E-state index contributed by atoms with van der Waals surface area (Å²) in [4.78, 5) is 9.54. The van der Waals surface area contributed by atoms with E-state index in [1.165, 1.54) is 6.26 Å². The van der Waals surface area contributed by atoms with Gasteiger partial charge in [0.1, 0.15) is 11.4 Å². The number of anilines is 1. The standard InChI is InChI=1S/C11H8F2N2O3/c12-9-4-7(15(16)17)5-10(13)11(9)14-6-8-2-1-3-18-8/h1-5,14H,6H2. The second kappa shape index (κ2) is 4.82. The molecule has 2 rings (SSSR count). The van der Waals surface area contributed by atoms with Crippen molar-refractivity contribution in [3.8, 4) is 0 Å². The predicted octanol–water partition coefficient (Wildman–Crippen LogP) is 3.08. The average Bonchev–Trinajstić information content (AvgIpc) is 2.80. The zero-order chi connectivity index (χ0) is 13.1. The van der Waals surface area contributed by atoms with E-state index in [2.05, 4.69) is 5.32 Å². The fourth-order valence-electron chi connectivity index (χ4n) is 1.42. The van der Waals surface area contributed by atoms with Crippen molar-refractivity contribution in [3.63, 3.8) is 0 Å². The number of hydrogen-bond donors (Lipinski definition) is 1. The van der Waals surface area contributed by atoms with Crippen molar-refractivity contribution in [1.82, 2.24) is 0 Å². The lowest BCUT2D eigenvalue weighted by Gasteiger charge is -2.07. The van der Waals surface area contributed by atoms with Gasteiger partial charge in [-0.1, -0.05) is 0 Å². The molecule has 0 aliphatic rings. The average molecular weight is 254 g/mol. The van der Waals surface area contributed by atoms with Crippen molar-refractivity contribution in [1.29, 1.82) is 0 Å². The van der Waals surface area contributed by atoms with Gasteiger partial charge in [-0.25, -0.2) is 8.78 Å². The lowest BCUT2D eigenvalue weighted by atomic mass is 10.2. The summed E-state index contributed by atoms with van der Waals surface area (Å²) in [7, 11) is 0. The number of non-ortho nitro benzene ring substituents is 1. The van der Waals surface area contributed by atoms with Crippen LogP contribution < -0.4 is 5.32 Å². The van der Waals surface area contributed by atoms with Gasteiger partial charge < -0.3 is 9.73 Å². The van der Waals surface area contributed by atoms with E-state index in [-0.39, 0.29) is 6.54 Å². The van der Waals surface area contributed by atoms with Gasteiger partial charge in [-0.05, 0) is 12.1 Å². The molecule has 0 atom stereocenters. The molecular weight excluding hydrogens is 246 g/mol. The molecule has 0 amide bonds. The van der Waals surface area contributed by atoms with Crippen molar-refractivity contribution < 1.29 is 18.1 Å². The summed E-state index contributed by atoms with van der Waals surface area (Å²) in [5.74, 6) is -1.55. The van der Waals surface area contributed by atoms with Crippen molar-refractivity contribution in [2.45, 2.75) is 6.54 Å². The van der Waals surface area contributed by atoms with Crippen LogP contribution in [0, 0.1) is 21.7 Å². The number of benzene rings is 1. The molecule has 2 aromatic rings. The minimum atomic E-state index is -1.02. The van der Waals surface area contributed by atoms with E-state index in [4.69, 9.17) is 4.42 Å². The summed E-state index contributed by atoms with van der Waals surface area (Å²) in [6.45, 7) is 0.0820. The Morgan fingerprint density at radius 3 is 2.50 bits per heavy atom. The van der Waals surface area contributed by atoms with Crippen LogP contribution in [-0.2, 0) is 6.54 Å². The van der Waals surface area contributed by atoms with E-state index in [1.807, 2.05) is 0 Å². The number of halogens is 2. The topological polar surface area (TPSA) is 68.3 Å². The van der Waals surface area contributed by atoms with Crippen LogP contribution in [0.3, 0.4) is 0 Å². The first-order valence-electron chi connectivity index (χ1n) is 4.97. The molecule has 94 valence electrons. The molecule has 5 nitrogen and oxygen atoms in total. The number of hydrogen-bond acceptors (Lipinski definition) is 4. The first-order valence-corrected chi connectivity index (χ1v) is 4.97. The van der Waals surface area contributed by atoms with Gasteiger partial charge in [0.2, 0.25) is 0 Å². The molecule has 0 aliphatic heterocycles. The Kier molecular flexibility index (Phi) is 3.22. The van der Waals surface area contributed by atoms with Gasteiger partial charge in [0.05, 0.1) is 29.9 Å². The van der Waals surface area contributed by atoms with Crippen LogP contribution >= 0.6 is 0 Å². The molecule has 0 unspecified atom stereocenters. The highest BCUT2D eigenvalue weighted by atomic mass is 19.1. The molecule has 0 aliphatic carbocycles. The van der Waals surface area contributed by atoms with Crippen LogP contribution in [0.15, 0.2) is 34.9 Å². The summed E-state index contributed by atoms with van der Waals surface area (Å²) in [6.07, 6.45) is 1.43. The fraction of sp³-hybridized carbons (Fsp3) is 0.0909. The summed E-state index contributed by atoms with van der Waals surface area (Å²) >= 11 is 0. The van der Waals surface area contributed by atoms with Gasteiger partial charge in [-0.15, -0.1) is 0 Å². The Hall–Kier alpha value is -2.44. The molecule has 1 N–H and O–H groups in total. The van der Waals surface area contributed by atoms with Crippen LogP contribution in [0.25, 0.3) is 0 Å². The zero-order valence-electron chi connectivity index (χ0n) is 9.02. The minimum Gasteiger partial charge on any atom is -0.467 e. The summed E-state index contributed by atoms with van der Waals surface area (Å²) in [5, 5.41) is 12.9. The number of nitro benzene ring substituents is 1. The summed E-state index contributed by atoms with van der Waals surface area (Å²) in [6, 6.07) is 4.59. The van der Waals surface area contributed by atoms with E-state index in [9.17, 15) is 18.9 Å². The second-order valence-corrected chi connectivity index (χ2v) is 3.47. The number of nitrogens with zero attached hydrogens (tertiary/aromatic N) is 1. The lowest BCUT2D eigenvalue weighted by Crippen LogP contribution is -2.04. The molecule has 0 fully saturated rings. The molecule has 18 heavy (non-hydrogen) atoms. The highest BCUT2D eigenvalue weighted by Crippen LogP contribution is 2.25. The second-order valence-electron chi connectivity index (χ2n) is 3.47. The molecule has 0 radical (unpaired) electrons. The molecule has 0 saturated carbocycles. The first-order chi connectivity index (χ1) is 8.58. The van der Waals surface area contributed by atoms with Gasteiger partial charge >= 0.3 is 0 Å². The molecule has 0 saturated heterocycles. The molecule has 1 heterocycles. The third-order valence-electron chi connectivity index (χ3n) is 2.26. The lowest BCUT2D eigenvalue weighted by molar-refractivity contribution is -0.385. The van der Waals surface area contributed by atoms with Crippen LogP contribution in [-0.4, -0.2) is 4.92 Å². The minimum absolute atomic E-state index is 0.0820. The predicted molar refractivity (Wildman–Crippen MR) is 59.0 cm³/mol. The maximum atomic E-state index is 13.5.